The topological polar surface area (TPSA) is 132 Å². The number of benzene rings is 1. The number of H-pyrrole nitrogens is 1. The molecule has 1 heterocycles. The average Bonchev–Trinajstić information content (AvgIpc) is 3.00. The van der Waals surface area contributed by atoms with Gasteiger partial charge in [0.1, 0.15) is 5.56 Å². The highest BCUT2D eigenvalue weighted by molar-refractivity contribution is 7.99. The number of nitro groups is 1. The first kappa shape index (κ1) is 17.5. The standard InChI is InChI=1S/C13H15N5O5S/c1-4-24-13-15-12(16-17-13)14-11(19)7-5-9(22-2)10(23-3)6-8(7)18(20)21/h5-6H,4H2,1-3H3,(H2,14,15,16,17,19). The minimum absolute atomic E-state index is 0.0973. The van der Waals surface area contributed by atoms with Gasteiger partial charge < -0.3 is 9.47 Å². The molecule has 0 spiro atoms. The van der Waals surface area contributed by atoms with E-state index in [1.54, 1.807) is 0 Å². The first-order valence-corrected chi connectivity index (χ1v) is 7.75. The maximum Gasteiger partial charge on any atom is 0.286 e. The van der Waals surface area contributed by atoms with Crippen LogP contribution in [0.1, 0.15) is 17.3 Å². The zero-order valence-electron chi connectivity index (χ0n) is 13.2. The van der Waals surface area contributed by atoms with Gasteiger partial charge in [0.05, 0.1) is 25.2 Å². The van der Waals surface area contributed by atoms with Crippen molar-refractivity contribution in [3.05, 3.63) is 27.8 Å². The second kappa shape index (κ2) is 7.64. The second-order valence-electron chi connectivity index (χ2n) is 4.34. The van der Waals surface area contributed by atoms with Gasteiger partial charge in [-0.3, -0.25) is 20.2 Å². The van der Waals surface area contributed by atoms with Crippen molar-refractivity contribution < 1.29 is 19.2 Å². The number of thioether (sulfide) groups is 1. The molecule has 0 bridgehead atoms. The molecule has 0 radical (unpaired) electrons. The molecular weight excluding hydrogens is 338 g/mol. The van der Waals surface area contributed by atoms with Crippen molar-refractivity contribution in [1.82, 2.24) is 15.2 Å². The normalized spacial score (nSPS) is 10.3. The number of carbonyl (C=O) groups is 1. The highest BCUT2D eigenvalue weighted by atomic mass is 32.2. The van der Waals surface area contributed by atoms with E-state index in [0.717, 1.165) is 11.8 Å². The predicted octanol–water partition coefficient (Wildman–Crippen LogP) is 2.09. The molecule has 10 nitrogen and oxygen atoms in total. The van der Waals surface area contributed by atoms with Crippen molar-refractivity contribution >= 4 is 29.3 Å². The van der Waals surface area contributed by atoms with Gasteiger partial charge in [0.25, 0.3) is 11.6 Å². The molecule has 0 aliphatic carbocycles. The van der Waals surface area contributed by atoms with Crippen LogP contribution in [0.3, 0.4) is 0 Å². The Morgan fingerprint density at radius 1 is 1.38 bits per heavy atom. The van der Waals surface area contributed by atoms with E-state index in [1.165, 1.54) is 32.0 Å². The zero-order valence-corrected chi connectivity index (χ0v) is 14.0. The van der Waals surface area contributed by atoms with Crippen LogP contribution in [-0.4, -0.2) is 46.0 Å². The monoisotopic (exact) mass is 353 g/mol. The van der Waals surface area contributed by atoms with Crippen LogP contribution in [0.15, 0.2) is 17.3 Å². The Morgan fingerprint density at radius 3 is 2.62 bits per heavy atom. The van der Waals surface area contributed by atoms with Crippen molar-refractivity contribution in [3.8, 4) is 11.5 Å². The summed E-state index contributed by atoms with van der Waals surface area (Å²) < 4.78 is 10.1. The number of nitrogens with one attached hydrogen (secondary N) is 2. The number of ether oxygens (including phenoxy) is 2. The molecule has 24 heavy (non-hydrogen) atoms. The smallest absolute Gasteiger partial charge is 0.286 e. The Labute approximate surface area is 141 Å². The van der Waals surface area contributed by atoms with E-state index in [9.17, 15) is 14.9 Å². The van der Waals surface area contributed by atoms with Crippen LogP contribution < -0.4 is 14.8 Å². The summed E-state index contributed by atoms with van der Waals surface area (Å²) in [5, 5.41) is 20.6. The fraction of sp³-hybridized carbons (Fsp3) is 0.308. The molecule has 11 heteroatoms. The van der Waals surface area contributed by atoms with Gasteiger partial charge in [-0.25, -0.2) is 5.10 Å². The fourth-order valence-electron chi connectivity index (χ4n) is 1.87. The summed E-state index contributed by atoms with van der Waals surface area (Å²) >= 11 is 1.39. The van der Waals surface area contributed by atoms with Gasteiger partial charge >= 0.3 is 0 Å². The van der Waals surface area contributed by atoms with Crippen LogP contribution in [0.5, 0.6) is 11.5 Å². The average molecular weight is 353 g/mol. The molecule has 0 aliphatic rings. The van der Waals surface area contributed by atoms with Gasteiger partial charge in [0.2, 0.25) is 11.1 Å². The fourth-order valence-corrected chi connectivity index (χ4v) is 2.40. The van der Waals surface area contributed by atoms with Gasteiger partial charge in [-0.2, -0.15) is 4.98 Å². The van der Waals surface area contributed by atoms with Crippen molar-refractivity contribution in [3.63, 3.8) is 0 Å². The van der Waals surface area contributed by atoms with E-state index in [1.807, 2.05) is 6.92 Å². The summed E-state index contributed by atoms with van der Waals surface area (Å²) in [6.45, 7) is 1.94. The molecule has 0 fully saturated rings. The summed E-state index contributed by atoms with van der Waals surface area (Å²) in [5.41, 5.74) is -0.591. The zero-order chi connectivity index (χ0) is 17.7. The number of anilines is 1. The van der Waals surface area contributed by atoms with Gasteiger partial charge in [-0.05, 0) is 5.75 Å². The van der Waals surface area contributed by atoms with E-state index in [4.69, 9.17) is 9.47 Å². The second-order valence-corrected chi connectivity index (χ2v) is 5.57. The largest absolute Gasteiger partial charge is 0.493 e. The number of aromatic amines is 1. The number of rotatable bonds is 7. The summed E-state index contributed by atoms with van der Waals surface area (Å²) in [6.07, 6.45) is 0. The number of methoxy groups -OCH3 is 2. The molecule has 0 atom stereocenters. The van der Waals surface area contributed by atoms with Crippen LogP contribution in [0.2, 0.25) is 0 Å². The first-order chi connectivity index (χ1) is 11.5. The molecule has 0 unspecified atom stereocenters. The first-order valence-electron chi connectivity index (χ1n) is 6.77. The molecule has 2 rings (SSSR count). The number of carbonyl (C=O) groups excluding carboxylic acids is 1. The Kier molecular flexibility index (Phi) is 5.58. The van der Waals surface area contributed by atoms with E-state index >= 15 is 0 Å². The number of amides is 1. The van der Waals surface area contributed by atoms with Gasteiger partial charge in [0.15, 0.2) is 11.5 Å². The third kappa shape index (κ3) is 3.74. The van der Waals surface area contributed by atoms with E-state index < -0.39 is 16.5 Å². The molecule has 0 saturated heterocycles. The maximum absolute atomic E-state index is 12.4. The van der Waals surface area contributed by atoms with Crippen molar-refractivity contribution in [1.29, 1.82) is 0 Å². The molecule has 1 amide bonds. The number of nitro benzene ring substituents is 1. The SMILES string of the molecule is CCSc1n[nH]c(NC(=O)c2cc(OC)c(OC)cc2[N+](=O)[O-])n1. The van der Waals surface area contributed by atoms with E-state index in [0.29, 0.717) is 5.16 Å². The highest BCUT2D eigenvalue weighted by Gasteiger charge is 2.25. The highest BCUT2D eigenvalue weighted by Crippen LogP contribution is 2.34. The molecule has 2 aromatic rings. The van der Waals surface area contributed by atoms with Crippen LogP contribution in [0, 0.1) is 10.1 Å². The Hall–Kier alpha value is -2.82. The number of hydrogen-bond acceptors (Lipinski definition) is 8. The van der Waals surface area contributed by atoms with Crippen molar-refractivity contribution in [2.24, 2.45) is 0 Å². The van der Waals surface area contributed by atoms with E-state index in [-0.39, 0.29) is 23.0 Å². The van der Waals surface area contributed by atoms with Crippen LogP contribution in [0.4, 0.5) is 11.6 Å². The van der Waals surface area contributed by atoms with Crippen LogP contribution >= 0.6 is 11.8 Å². The molecular formula is C13H15N5O5S. The Morgan fingerprint density at radius 2 is 2.04 bits per heavy atom. The molecule has 2 N–H and O–H groups in total. The molecule has 0 aliphatic heterocycles. The summed E-state index contributed by atoms with van der Waals surface area (Å²) in [4.78, 5) is 27.0. The van der Waals surface area contributed by atoms with Gasteiger partial charge in [-0.15, -0.1) is 5.10 Å². The lowest BCUT2D eigenvalue weighted by Gasteiger charge is -2.10. The summed E-state index contributed by atoms with van der Waals surface area (Å²) in [6, 6.07) is 2.37. The van der Waals surface area contributed by atoms with Crippen molar-refractivity contribution in [2.45, 2.75) is 12.1 Å². The lowest BCUT2D eigenvalue weighted by molar-refractivity contribution is -0.385. The van der Waals surface area contributed by atoms with Crippen LogP contribution in [-0.2, 0) is 0 Å². The third-order valence-electron chi connectivity index (χ3n) is 2.91. The maximum atomic E-state index is 12.4. The van der Waals surface area contributed by atoms with Gasteiger partial charge in [0, 0.05) is 6.07 Å². The Balaban J connectivity index is 2.34. The molecule has 0 saturated carbocycles. The summed E-state index contributed by atoms with van der Waals surface area (Å²) in [5.74, 6) is 0.508. The number of aromatic nitrogens is 3. The minimum atomic E-state index is -0.716. The summed E-state index contributed by atoms with van der Waals surface area (Å²) in [7, 11) is 2.72. The van der Waals surface area contributed by atoms with E-state index in [2.05, 4.69) is 20.5 Å². The van der Waals surface area contributed by atoms with Crippen LogP contribution in [0.25, 0.3) is 0 Å². The lowest BCUT2D eigenvalue weighted by Crippen LogP contribution is -2.15. The van der Waals surface area contributed by atoms with Gasteiger partial charge in [-0.1, -0.05) is 18.7 Å². The molecule has 128 valence electrons. The third-order valence-corrected chi connectivity index (χ3v) is 3.64. The molecule has 1 aromatic carbocycles. The lowest BCUT2D eigenvalue weighted by atomic mass is 10.1. The number of hydrogen-bond donors (Lipinski definition) is 2. The number of nitrogens with zero attached hydrogens (tertiary/aromatic N) is 3. The molecule has 1 aromatic heterocycles. The predicted molar refractivity (Wildman–Crippen MR) is 86.9 cm³/mol. The minimum Gasteiger partial charge on any atom is -0.493 e. The quantitative estimate of drug-likeness (QED) is 0.439. The van der Waals surface area contributed by atoms with Crippen molar-refractivity contribution in [2.75, 3.05) is 25.3 Å². The Bertz CT molecular complexity index is 763.